The Hall–Kier alpha value is -1.09. The van der Waals surface area contributed by atoms with Crippen molar-refractivity contribution in [2.45, 2.75) is 58.5 Å². The third kappa shape index (κ3) is 3.93. The number of anilines is 1. The molecule has 106 valence electrons. The van der Waals surface area contributed by atoms with E-state index < -0.39 is 0 Å². The summed E-state index contributed by atoms with van der Waals surface area (Å²) in [6, 6.07) is 2.83. The minimum Gasteiger partial charge on any atom is -0.368 e. The zero-order valence-electron chi connectivity index (χ0n) is 12.4. The Balaban J connectivity index is 2.12. The first-order chi connectivity index (χ1) is 9.33. The number of nitrogens with one attached hydrogen (secondary N) is 1. The maximum absolute atomic E-state index is 4.30. The van der Waals surface area contributed by atoms with Crippen molar-refractivity contribution in [2.24, 2.45) is 0 Å². The molecule has 1 fully saturated rings. The average Bonchev–Trinajstić information content (AvgIpc) is 2.64. The summed E-state index contributed by atoms with van der Waals surface area (Å²) in [5.74, 6) is 0. The second-order valence-electron chi connectivity index (χ2n) is 5.57. The lowest BCUT2D eigenvalue weighted by atomic mass is 10.1. The molecule has 1 aliphatic heterocycles. The summed E-state index contributed by atoms with van der Waals surface area (Å²) >= 11 is 0. The Labute approximate surface area is 117 Å². The lowest BCUT2D eigenvalue weighted by molar-refractivity contribution is 0.609. The maximum atomic E-state index is 4.30. The van der Waals surface area contributed by atoms with Crippen molar-refractivity contribution in [1.29, 1.82) is 0 Å². The van der Waals surface area contributed by atoms with E-state index in [0.717, 1.165) is 13.1 Å². The molecule has 1 N–H and O–H groups in total. The standard InChI is InChI=1S/C16H27N3/c1-3-9-17-12-15-13-18-10-8-16(15)19-11-6-4-5-7-14(19)2/h8,10,13-14,17H,3-7,9,11-12H2,1-2H3. The molecular formula is C16H27N3. The molecule has 1 aliphatic rings. The van der Waals surface area contributed by atoms with E-state index >= 15 is 0 Å². The lowest BCUT2D eigenvalue weighted by Gasteiger charge is -2.31. The van der Waals surface area contributed by atoms with E-state index in [0.29, 0.717) is 6.04 Å². The molecule has 0 spiro atoms. The summed E-state index contributed by atoms with van der Waals surface area (Å²) in [5, 5.41) is 3.49. The normalized spacial score (nSPS) is 20.3. The predicted octanol–water partition coefficient (Wildman–Crippen LogP) is 3.35. The summed E-state index contributed by atoms with van der Waals surface area (Å²) in [4.78, 5) is 6.88. The number of hydrogen-bond donors (Lipinski definition) is 1. The topological polar surface area (TPSA) is 28.2 Å². The molecule has 19 heavy (non-hydrogen) atoms. The van der Waals surface area contributed by atoms with Crippen LogP contribution in [0.15, 0.2) is 18.5 Å². The molecule has 2 rings (SSSR count). The van der Waals surface area contributed by atoms with Gasteiger partial charge in [-0.1, -0.05) is 19.8 Å². The van der Waals surface area contributed by atoms with E-state index in [1.165, 1.54) is 49.9 Å². The smallest absolute Gasteiger partial charge is 0.0445 e. The minimum absolute atomic E-state index is 0.648. The van der Waals surface area contributed by atoms with Crippen LogP contribution in [0.5, 0.6) is 0 Å². The zero-order valence-corrected chi connectivity index (χ0v) is 12.4. The van der Waals surface area contributed by atoms with Gasteiger partial charge in [0.2, 0.25) is 0 Å². The van der Waals surface area contributed by atoms with Crippen LogP contribution in [0.3, 0.4) is 0 Å². The first kappa shape index (κ1) is 14.3. The Morgan fingerprint density at radius 3 is 3.11 bits per heavy atom. The monoisotopic (exact) mass is 261 g/mol. The van der Waals surface area contributed by atoms with Crippen LogP contribution in [0, 0.1) is 0 Å². The number of pyridine rings is 1. The minimum atomic E-state index is 0.648. The summed E-state index contributed by atoms with van der Waals surface area (Å²) in [5.41, 5.74) is 2.72. The SMILES string of the molecule is CCCNCc1cnccc1N1CCCCCC1C. The highest BCUT2D eigenvalue weighted by Crippen LogP contribution is 2.26. The van der Waals surface area contributed by atoms with E-state index in [2.05, 4.69) is 35.1 Å². The van der Waals surface area contributed by atoms with Gasteiger partial charge >= 0.3 is 0 Å². The summed E-state index contributed by atoms with van der Waals surface area (Å²) < 4.78 is 0. The molecule has 3 nitrogen and oxygen atoms in total. The Morgan fingerprint density at radius 1 is 1.37 bits per heavy atom. The number of nitrogens with zero attached hydrogens (tertiary/aromatic N) is 2. The fourth-order valence-corrected chi connectivity index (χ4v) is 2.87. The Morgan fingerprint density at radius 2 is 2.26 bits per heavy atom. The first-order valence-electron chi connectivity index (χ1n) is 7.73. The largest absolute Gasteiger partial charge is 0.368 e. The molecule has 0 saturated carbocycles. The van der Waals surface area contributed by atoms with E-state index in [1.54, 1.807) is 0 Å². The number of hydrogen-bond acceptors (Lipinski definition) is 3. The highest BCUT2D eigenvalue weighted by Gasteiger charge is 2.19. The van der Waals surface area contributed by atoms with Crippen LogP contribution in [0.2, 0.25) is 0 Å². The molecule has 0 radical (unpaired) electrons. The van der Waals surface area contributed by atoms with Crippen LogP contribution < -0.4 is 10.2 Å². The highest BCUT2D eigenvalue weighted by atomic mass is 15.2. The van der Waals surface area contributed by atoms with E-state index in [1.807, 2.05) is 12.4 Å². The summed E-state index contributed by atoms with van der Waals surface area (Å²) in [6.45, 7) is 7.75. The molecule has 0 bridgehead atoms. The molecule has 0 aromatic carbocycles. The zero-order chi connectivity index (χ0) is 13.5. The third-order valence-corrected chi connectivity index (χ3v) is 3.98. The second-order valence-corrected chi connectivity index (χ2v) is 5.57. The molecule has 1 saturated heterocycles. The number of rotatable bonds is 5. The van der Waals surface area contributed by atoms with Gasteiger partial charge in [-0.05, 0) is 38.8 Å². The van der Waals surface area contributed by atoms with E-state index in [9.17, 15) is 0 Å². The molecule has 1 aromatic heterocycles. The highest BCUT2D eigenvalue weighted by molar-refractivity contribution is 5.53. The Kier molecular flexibility index (Phi) is 5.64. The van der Waals surface area contributed by atoms with Crippen LogP contribution in [-0.2, 0) is 6.54 Å². The van der Waals surface area contributed by atoms with Gasteiger partial charge < -0.3 is 10.2 Å². The van der Waals surface area contributed by atoms with Gasteiger partial charge in [0.05, 0.1) is 0 Å². The first-order valence-corrected chi connectivity index (χ1v) is 7.73. The molecule has 3 heteroatoms. The van der Waals surface area contributed by atoms with Crippen molar-refractivity contribution in [3.05, 3.63) is 24.0 Å². The molecule has 0 amide bonds. The van der Waals surface area contributed by atoms with Crippen LogP contribution in [0.1, 0.15) is 51.5 Å². The quantitative estimate of drug-likeness (QED) is 0.824. The third-order valence-electron chi connectivity index (χ3n) is 3.98. The van der Waals surface area contributed by atoms with E-state index in [-0.39, 0.29) is 0 Å². The maximum Gasteiger partial charge on any atom is 0.0445 e. The van der Waals surface area contributed by atoms with Gasteiger partial charge in [-0.3, -0.25) is 4.98 Å². The molecule has 1 unspecified atom stereocenters. The van der Waals surface area contributed by atoms with Crippen molar-refractivity contribution < 1.29 is 0 Å². The van der Waals surface area contributed by atoms with Gasteiger partial charge in [0.25, 0.3) is 0 Å². The van der Waals surface area contributed by atoms with Crippen LogP contribution >= 0.6 is 0 Å². The van der Waals surface area contributed by atoms with Crippen LogP contribution in [0.4, 0.5) is 5.69 Å². The number of aromatic nitrogens is 1. The second kappa shape index (κ2) is 7.49. The summed E-state index contributed by atoms with van der Waals surface area (Å²) in [7, 11) is 0. The van der Waals surface area contributed by atoms with Gasteiger partial charge in [0.15, 0.2) is 0 Å². The fraction of sp³-hybridized carbons (Fsp3) is 0.688. The van der Waals surface area contributed by atoms with Gasteiger partial charge in [-0.2, -0.15) is 0 Å². The average molecular weight is 261 g/mol. The van der Waals surface area contributed by atoms with Crippen molar-refractivity contribution in [2.75, 3.05) is 18.0 Å². The molecular weight excluding hydrogens is 234 g/mol. The van der Waals surface area contributed by atoms with Crippen molar-refractivity contribution in [3.8, 4) is 0 Å². The van der Waals surface area contributed by atoms with E-state index in [4.69, 9.17) is 0 Å². The van der Waals surface area contributed by atoms with Gasteiger partial charge in [-0.25, -0.2) is 0 Å². The van der Waals surface area contributed by atoms with Crippen molar-refractivity contribution in [1.82, 2.24) is 10.3 Å². The molecule has 2 heterocycles. The fourth-order valence-electron chi connectivity index (χ4n) is 2.87. The molecule has 1 atom stereocenters. The molecule has 1 aromatic rings. The van der Waals surface area contributed by atoms with Crippen molar-refractivity contribution >= 4 is 5.69 Å². The summed E-state index contributed by atoms with van der Waals surface area (Å²) in [6.07, 6.45) is 10.5. The Bertz CT molecular complexity index is 378. The van der Waals surface area contributed by atoms with Gasteiger partial charge in [0.1, 0.15) is 0 Å². The van der Waals surface area contributed by atoms with Crippen LogP contribution in [0.25, 0.3) is 0 Å². The lowest BCUT2D eigenvalue weighted by Crippen LogP contribution is -2.33. The van der Waals surface area contributed by atoms with Crippen molar-refractivity contribution in [3.63, 3.8) is 0 Å². The van der Waals surface area contributed by atoms with Gasteiger partial charge in [0, 0.05) is 42.8 Å². The predicted molar refractivity (Wildman–Crippen MR) is 81.5 cm³/mol. The van der Waals surface area contributed by atoms with Gasteiger partial charge in [-0.15, -0.1) is 0 Å². The van der Waals surface area contributed by atoms with Crippen LogP contribution in [-0.4, -0.2) is 24.1 Å². The molecule has 0 aliphatic carbocycles.